The summed E-state index contributed by atoms with van der Waals surface area (Å²) < 4.78 is 3.34. The zero-order valence-electron chi connectivity index (χ0n) is 15.4. The van der Waals surface area contributed by atoms with Crippen molar-refractivity contribution in [2.45, 2.75) is 44.4 Å². The molecule has 2 aromatic heterocycles. The van der Waals surface area contributed by atoms with Crippen LogP contribution in [0.5, 0.6) is 0 Å². The first-order chi connectivity index (χ1) is 13.2. The lowest BCUT2D eigenvalue weighted by Crippen LogP contribution is -2.16. The molecule has 0 atom stereocenters. The summed E-state index contributed by atoms with van der Waals surface area (Å²) in [5, 5.41) is 18.7. The standard InChI is InChI=1S/C19H23N7O/c1-25-18(12-17(22-25)15-5-3-2-4-6-15)21-19(27)11-14-7-9-16(10-8-14)26-13-20-23-24-26/h7-10,12-13,15H,2-6,11H2,1H3,(H,21,27). The topological polar surface area (TPSA) is 90.5 Å². The van der Waals surface area contributed by atoms with Crippen LogP contribution in [0.3, 0.4) is 0 Å². The number of anilines is 1. The van der Waals surface area contributed by atoms with E-state index in [1.807, 2.05) is 37.4 Å². The maximum Gasteiger partial charge on any atom is 0.229 e. The number of aromatic nitrogens is 6. The molecule has 8 nitrogen and oxygen atoms in total. The number of carbonyl (C=O) groups is 1. The fraction of sp³-hybridized carbons (Fsp3) is 0.421. The quantitative estimate of drug-likeness (QED) is 0.750. The van der Waals surface area contributed by atoms with E-state index in [0.717, 1.165) is 22.8 Å². The molecule has 1 aliphatic rings. The van der Waals surface area contributed by atoms with E-state index in [4.69, 9.17) is 0 Å². The number of rotatable bonds is 5. The number of amides is 1. The van der Waals surface area contributed by atoms with Gasteiger partial charge < -0.3 is 5.32 Å². The highest BCUT2D eigenvalue weighted by molar-refractivity contribution is 5.91. The Morgan fingerprint density at radius 3 is 2.67 bits per heavy atom. The van der Waals surface area contributed by atoms with E-state index in [1.165, 1.54) is 38.4 Å². The molecule has 1 saturated carbocycles. The fourth-order valence-electron chi connectivity index (χ4n) is 3.62. The number of nitrogens with zero attached hydrogens (tertiary/aromatic N) is 6. The number of hydrogen-bond donors (Lipinski definition) is 1. The van der Waals surface area contributed by atoms with Crippen molar-refractivity contribution in [1.82, 2.24) is 30.0 Å². The van der Waals surface area contributed by atoms with Gasteiger partial charge in [-0.15, -0.1) is 5.10 Å². The number of nitrogens with one attached hydrogen (secondary N) is 1. The molecule has 8 heteroatoms. The second-order valence-electron chi connectivity index (χ2n) is 7.06. The lowest BCUT2D eigenvalue weighted by atomic mass is 9.87. The maximum atomic E-state index is 12.4. The zero-order chi connectivity index (χ0) is 18.6. The summed E-state index contributed by atoms with van der Waals surface area (Å²) in [5.74, 6) is 1.23. The monoisotopic (exact) mass is 365 g/mol. The van der Waals surface area contributed by atoms with Gasteiger partial charge in [0.1, 0.15) is 12.1 Å². The smallest absolute Gasteiger partial charge is 0.229 e. The fourth-order valence-corrected chi connectivity index (χ4v) is 3.62. The Bertz CT molecular complexity index is 893. The van der Waals surface area contributed by atoms with Gasteiger partial charge in [0.05, 0.1) is 17.8 Å². The number of hydrogen-bond acceptors (Lipinski definition) is 5. The third kappa shape index (κ3) is 4.05. The molecule has 0 bridgehead atoms. The van der Waals surface area contributed by atoms with Crippen LogP contribution in [-0.4, -0.2) is 35.9 Å². The van der Waals surface area contributed by atoms with Crippen LogP contribution in [-0.2, 0) is 18.3 Å². The van der Waals surface area contributed by atoms with Crippen LogP contribution in [0.2, 0.25) is 0 Å². The molecule has 1 aromatic carbocycles. The largest absolute Gasteiger partial charge is 0.311 e. The molecule has 27 heavy (non-hydrogen) atoms. The number of benzene rings is 1. The number of tetrazole rings is 1. The van der Waals surface area contributed by atoms with Gasteiger partial charge in [-0.25, -0.2) is 4.68 Å². The Labute approximate surface area is 157 Å². The van der Waals surface area contributed by atoms with Crippen molar-refractivity contribution in [2.75, 3.05) is 5.32 Å². The summed E-state index contributed by atoms with van der Waals surface area (Å²) in [5.41, 5.74) is 2.88. The molecular formula is C19H23N7O. The van der Waals surface area contributed by atoms with Crippen molar-refractivity contribution in [3.8, 4) is 5.69 Å². The molecule has 0 aliphatic heterocycles. The Hall–Kier alpha value is -3.03. The normalized spacial score (nSPS) is 15.0. The Kier molecular flexibility index (Phi) is 4.95. The molecule has 0 saturated heterocycles. The molecule has 0 unspecified atom stereocenters. The van der Waals surface area contributed by atoms with E-state index in [1.54, 1.807) is 9.36 Å². The van der Waals surface area contributed by atoms with Crippen molar-refractivity contribution < 1.29 is 4.79 Å². The Morgan fingerprint density at radius 2 is 1.96 bits per heavy atom. The van der Waals surface area contributed by atoms with E-state index in [9.17, 15) is 4.79 Å². The highest BCUT2D eigenvalue weighted by Crippen LogP contribution is 2.32. The average Bonchev–Trinajstić information content (AvgIpc) is 3.34. The minimum atomic E-state index is -0.0524. The predicted octanol–water partition coefficient (Wildman–Crippen LogP) is 2.62. The molecule has 1 N–H and O–H groups in total. The molecular weight excluding hydrogens is 342 g/mol. The van der Waals surface area contributed by atoms with E-state index >= 15 is 0 Å². The van der Waals surface area contributed by atoms with Crippen LogP contribution in [0.1, 0.15) is 49.3 Å². The molecule has 140 valence electrons. The van der Waals surface area contributed by atoms with Crippen molar-refractivity contribution in [1.29, 1.82) is 0 Å². The first kappa shape index (κ1) is 17.4. The SMILES string of the molecule is Cn1nc(C2CCCCC2)cc1NC(=O)Cc1ccc(-n2cnnn2)cc1. The third-order valence-electron chi connectivity index (χ3n) is 5.10. The van der Waals surface area contributed by atoms with Gasteiger partial charge in [-0.2, -0.15) is 5.10 Å². The first-order valence-electron chi connectivity index (χ1n) is 9.35. The summed E-state index contributed by atoms with van der Waals surface area (Å²) in [6, 6.07) is 9.63. The highest BCUT2D eigenvalue weighted by Gasteiger charge is 2.20. The number of aryl methyl sites for hydroxylation is 1. The van der Waals surface area contributed by atoms with Gasteiger partial charge in [-0.05, 0) is 41.0 Å². The highest BCUT2D eigenvalue weighted by atomic mass is 16.1. The summed E-state index contributed by atoms with van der Waals surface area (Å²) in [7, 11) is 1.88. The Balaban J connectivity index is 1.38. The van der Waals surface area contributed by atoms with Crippen molar-refractivity contribution in [3.63, 3.8) is 0 Å². The van der Waals surface area contributed by atoms with Gasteiger partial charge in [0.15, 0.2) is 0 Å². The van der Waals surface area contributed by atoms with Gasteiger partial charge in [0.25, 0.3) is 0 Å². The van der Waals surface area contributed by atoms with Crippen molar-refractivity contribution in [2.24, 2.45) is 7.05 Å². The number of carbonyl (C=O) groups excluding carboxylic acids is 1. The van der Waals surface area contributed by atoms with Gasteiger partial charge in [-0.1, -0.05) is 31.4 Å². The molecule has 0 radical (unpaired) electrons. The second-order valence-corrected chi connectivity index (χ2v) is 7.06. The summed E-state index contributed by atoms with van der Waals surface area (Å²) in [6.45, 7) is 0. The lowest BCUT2D eigenvalue weighted by Gasteiger charge is -2.19. The average molecular weight is 365 g/mol. The van der Waals surface area contributed by atoms with E-state index in [2.05, 4.69) is 25.9 Å². The van der Waals surface area contributed by atoms with Gasteiger partial charge in [0, 0.05) is 19.0 Å². The van der Waals surface area contributed by atoms with Gasteiger partial charge in [0.2, 0.25) is 5.91 Å². The van der Waals surface area contributed by atoms with E-state index < -0.39 is 0 Å². The van der Waals surface area contributed by atoms with Crippen molar-refractivity contribution >= 4 is 11.7 Å². The molecule has 4 rings (SSSR count). The zero-order valence-corrected chi connectivity index (χ0v) is 15.4. The third-order valence-corrected chi connectivity index (χ3v) is 5.10. The Morgan fingerprint density at radius 1 is 1.19 bits per heavy atom. The first-order valence-corrected chi connectivity index (χ1v) is 9.35. The van der Waals surface area contributed by atoms with Crippen molar-refractivity contribution in [3.05, 3.63) is 47.9 Å². The molecule has 1 amide bonds. The molecule has 1 fully saturated rings. The molecule has 0 spiro atoms. The predicted molar refractivity (Wildman–Crippen MR) is 101 cm³/mol. The van der Waals surface area contributed by atoms with Crippen LogP contribution >= 0.6 is 0 Å². The maximum absolute atomic E-state index is 12.4. The van der Waals surface area contributed by atoms with Crippen LogP contribution in [0.25, 0.3) is 5.69 Å². The second kappa shape index (κ2) is 7.69. The van der Waals surface area contributed by atoms with Crippen LogP contribution < -0.4 is 5.32 Å². The van der Waals surface area contributed by atoms with Gasteiger partial charge >= 0.3 is 0 Å². The van der Waals surface area contributed by atoms with Crippen LogP contribution in [0.4, 0.5) is 5.82 Å². The molecule has 1 aliphatic carbocycles. The van der Waals surface area contributed by atoms with Crippen LogP contribution in [0.15, 0.2) is 36.7 Å². The summed E-state index contributed by atoms with van der Waals surface area (Å²) >= 11 is 0. The van der Waals surface area contributed by atoms with E-state index in [-0.39, 0.29) is 5.91 Å². The minimum absolute atomic E-state index is 0.0524. The molecule has 2 heterocycles. The molecule has 3 aromatic rings. The van der Waals surface area contributed by atoms with E-state index in [0.29, 0.717) is 12.3 Å². The van der Waals surface area contributed by atoms with Gasteiger partial charge in [-0.3, -0.25) is 9.48 Å². The minimum Gasteiger partial charge on any atom is -0.311 e. The summed E-state index contributed by atoms with van der Waals surface area (Å²) in [6.07, 6.45) is 8.08. The van der Waals surface area contributed by atoms with Crippen LogP contribution in [0, 0.1) is 0 Å². The summed E-state index contributed by atoms with van der Waals surface area (Å²) in [4.78, 5) is 12.4. The lowest BCUT2D eigenvalue weighted by molar-refractivity contribution is -0.115.